The number of nitrogens with one attached hydrogen (secondary N) is 1. The van der Waals surface area contributed by atoms with Gasteiger partial charge in [-0.25, -0.2) is 4.39 Å². The van der Waals surface area contributed by atoms with Gasteiger partial charge in [-0.05, 0) is 18.6 Å². The first-order chi connectivity index (χ1) is 8.99. The van der Waals surface area contributed by atoms with E-state index < -0.39 is 28.5 Å². The number of benzene rings is 1. The molecule has 0 aliphatic rings. The second kappa shape index (κ2) is 7.63. The van der Waals surface area contributed by atoms with Crippen LogP contribution < -0.4 is 5.32 Å². The smallest absolute Gasteiger partial charge is 0.303 e. The van der Waals surface area contributed by atoms with Gasteiger partial charge in [-0.3, -0.25) is 13.8 Å². The lowest BCUT2D eigenvalue weighted by Crippen LogP contribution is -2.21. The molecule has 1 aromatic rings. The SMILES string of the molecule is O=C(O)CCCS(=O)CC(=O)Nc1ccccc1F. The molecule has 0 saturated heterocycles. The molecule has 1 atom stereocenters. The van der Waals surface area contributed by atoms with E-state index in [0.717, 1.165) is 0 Å². The summed E-state index contributed by atoms with van der Waals surface area (Å²) < 4.78 is 24.7. The molecule has 0 bridgehead atoms. The van der Waals surface area contributed by atoms with Crippen molar-refractivity contribution in [2.45, 2.75) is 12.8 Å². The van der Waals surface area contributed by atoms with E-state index >= 15 is 0 Å². The molecule has 5 nitrogen and oxygen atoms in total. The minimum atomic E-state index is -1.44. The van der Waals surface area contributed by atoms with Gasteiger partial charge < -0.3 is 10.4 Å². The summed E-state index contributed by atoms with van der Waals surface area (Å²) in [7, 11) is -1.44. The van der Waals surface area contributed by atoms with Crippen LogP contribution in [0, 0.1) is 5.82 Å². The van der Waals surface area contributed by atoms with Crippen molar-refractivity contribution in [1.82, 2.24) is 0 Å². The Morgan fingerprint density at radius 1 is 1.32 bits per heavy atom. The van der Waals surface area contributed by atoms with Crippen LogP contribution >= 0.6 is 0 Å². The average molecular weight is 287 g/mol. The van der Waals surface area contributed by atoms with Gasteiger partial charge in [-0.1, -0.05) is 12.1 Å². The molecule has 0 aromatic heterocycles. The number of carboxylic acid groups (broad SMARTS) is 1. The van der Waals surface area contributed by atoms with Crippen LogP contribution in [0.4, 0.5) is 10.1 Å². The van der Waals surface area contributed by atoms with E-state index in [1.54, 1.807) is 6.07 Å². The number of carbonyl (C=O) groups is 2. The summed E-state index contributed by atoms with van der Waals surface area (Å²) in [5, 5.41) is 10.7. The van der Waals surface area contributed by atoms with Gasteiger partial charge in [0.1, 0.15) is 11.6 Å². The second-order valence-electron chi connectivity index (χ2n) is 3.81. The first-order valence-electron chi connectivity index (χ1n) is 5.60. The van der Waals surface area contributed by atoms with Gasteiger partial charge in [0, 0.05) is 23.0 Å². The fourth-order valence-electron chi connectivity index (χ4n) is 1.35. The van der Waals surface area contributed by atoms with Crippen molar-refractivity contribution in [3.05, 3.63) is 30.1 Å². The summed E-state index contributed by atoms with van der Waals surface area (Å²) in [5.74, 6) is -2.22. The Bertz CT molecular complexity index is 492. The zero-order valence-electron chi connectivity index (χ0n) is 10.1. The number of amides is 1. The highest BCUT2D eigenvalue weighted by atomic mass is 32.2. The first kappa shape index (κ1) is 15.3. The van der Waals surface area contributed by atoms with Crippen molar-refractivity contribution in [1.29, 1.82) is 0 Å². The Kier molecular flexibility index (Phi) is 6.14. The van der Waals surface area contributed by atoms with Gasteiger partial charge in [0.05, 0.1) is 5.69 Å². The third-order valence-corrected chi connectivity index (χ3v) is 3.53. The average Bonchev–Trinajstić information content (AvgIpc) is 2.31. The third kappa shape index (κ3) is 6.10. The summed E-state index contributed by atoms with van der Waals surface area (Å²) in [5.41, 5.74) is 0.0371. The molecule has 1 aromatic carbocycles. The molecule has 2 N–H and O–H groups in total. The fraction of sp³-hybridized carbons (Fsp3) is 0.333. The Hall–Kier alpha value is -1.76. The molecule has 0 fully saturated rings. The highest BCUT2D eigenvalue weighted by Gasteiger charge is 2.10. The van der Waals surface area contributed by atoms with Crippen molar-refractivity contribution in [2.24, 2.45) is 0 Å². The monoisotopic (exact) mass is 287 g/mol. The fourth-order valence-corrected chi connectivity index (χ4v) is 2.33. The Labute approximate surface area is 112 Å². The second-order valence-corrected chi connectivity index (χ2v) is 5.39. The lowest BCUT2D eigenvalue weighted by Gasteiger charge is -2.05. The van der Waals surface area contributed by atoms with Crippen LogP contribution in [0.1, 0.15) is 12.8 Å². The van der Waals surface area contributed by atoms with Crippen molar-refractivity contribution >= 4 is 28.4 Å². The van der Waals surface area contributed by atoms with Gasteiger partial charge >= 0.3 is 5.97 Å². The molecule has 1 rings (SSSR count). The van der Waals surface area contributed by atoms with Crippen LogP contribution in [0.5, 0.6) is 0 Å². The normalized spacial score (nSPS) is 11.8. The Morgan fingerprint density at radius 3 is 2.63 bits per heavy atom. The van der Waals surface area contributed by atoms with Crippen LogP contribution in [0.15, 0.2) is 24.3 Å². The molecule has 0 aliphatic heterocycles. The molecule has 0 spiro atoms. The van der Waals surface area contributed by atoms with E-state index in [1.807, 2.05) is 0 Å². The Morgan fingerprint density at radius 2 is 2.00 bits per heavy atom. The van der Waals surface area contributed by atoms with E-state index in [-0.39, 0.29) is 30.0 Å². The van der Waals surface area contributed by atoms with Gasteiger partial charge in [-0.15, -0.1) is 0 Å². The number of aliphatic carboxylic acids is 1. The van der Waals surface area contributed by atoms with E-state index in [2.05, 4.69) is 5.32 Å². The van der Waals surface area contributed by atoms with E-state index in [4.69, 9.17) is 5.11 Å². The van der Waals surface area contributed by atoms with E-state index in [1.165, 1.54) is 18.2 Å². The molecule has 1 unspecified atom stereocenters. The number of para-hydroxylation sites is 1. The van der Waals surface area contributed by atoms with Gasteiger partial charge in [-0.2, -0.15) is 0 Å². The minimum Gasteiger partial charge on any atom is -0.481 e. The molecule has 19 heavy (non-hydrogen) atoms. The maximum atomic E-state index is 13.2. The van der Waals surface area contributed by atoms with Crippen molar-refractivity contribution in [3.8, 4) is 0 Å². The van der Waals surface area contributed by atoms with Crippen molar-refractivity contribution < 1.29 is 23.3 Å². The number of rotatable bonds is 7. The zero-order chi connectivity index (χ0) is 14.3. The molecular weight excluding hydrogens is 273 g/mol. The van der Waals surface area contributed by atoms with Crippen LogP contribution in [-0.2, 0) is 20.4 Å². The topological polar surface area (TPSA) is 83.5 Å². The molecule has 0 saturated carbocycles. The summed E-state index contributed by atoms with van der Waals surface area (Å²) in [4.78, 5) is 21.7. The number of carboxylic acids is 1. The van der Waals surface area contributed by atoms with Crippen molar-refractivity contribution in [2.75, 3.05) is 16.8 Å². The number of hydrogen-bond donors (Lipinski definition) is 2. The first-order valence-corrected chi connectivity index (χ1v) is 7.09. The Balaban J connectivity index is 2.37. The van der Waals surface area contributed by atoms with Crippen LogP contribution in [-0.4, -0.2) is 32.7 Å². The van der Waals surface area contributed by atoms with Crippen LogP contribution in [0.25, 0.3) is 0 Å². The number of hydrogen-bond acceptors (Lipinski definition) is 3. The predicted molar refractivity (Wildman–Crippen MR) is 69.8 cm³/mol. The van der Waals surface area contributed by atoms with Gasteiger partial charge in [0.25, 0.3) is 0 Å². The lowest BCUT2D eigenvalue weighted by molar-refractivity contribution is -0.137. The largest absolute Gasteiger partial charge is 0.481 e. The van der Waals surface area contributed by atoms with Gasteiger partial charge in [0.15, 0.2) is 0 Å². The molecule has 0 aliphatic carbocycles. The molecule has 7 heteroatoms. The maximum absolute atomic E-state index is 13.2. The van der Waals surface area contributed by atoms with Crippen molar-refractivity contribution in [3.63, 3.8) is 0 Å². The predicted octanol–water partition coefficient (Wildman–Crippen LogP) is 1.38. The minimum absolute atomic E-state index is 0.0371. The summed E-state index contributed by atoms with van der Waals surface area (Å²) in [6.07, 6.45) is 0.162. The zero-order valence-corrected chi connectivity index (χ0v) is 10.9. The quantitative estimate of drug-likeness (QED) is 0.793. The van der Waals surface area contributed by atoms with E-state index in [0.29, 0.717) is 0 Å². The maximum Gasteiger partial charge on any atom is 0.303 e. The number of carbonyl (C=O) groups excluding carboxylic acids is 1. The summed E-state index contributed by atoms with van der Waals surface area (Å²) in [6, 6.07) is 5.68. The molecule has 0 heterocycles. The molecule has 104 valence electrons. The van der Waals surface area contributed by atoms with Crippen LogP contribution in [0.2, 0.25) is 0 Å². The molecule has 0 radical (unpaired) electrons. The standard InChI is InChI=1S/C12H14FNO4S/c13-9-4-1-2-5-10(9)14-11(15)8-19(18)7-3-6-12(16)17/h1-2,4-5H,3,6-8H2,(H,14,15)(H,16,17). The number of anilines is 1. The molecule has 1 amide bonds. The van der Waals surface area contributed by atoms with Gasteiger partial charge in [0.2, 0.25) is 5.91 Å². The summed E-state index contributed by atoms with van der Waals surface area (Å²) in [6.45, 7) is 0. The third-order valence-electron chi connectivity index (χ3n) is 2.20. The lowest BCUT2D eigenvalue weighted by atomic mass is 10.3. The van der Waals surface area contributed by atoms with E-state index in [9.17, 15) is 18.2 Å². The van der Waals surface area contributed by atoms with Crippen LogP contribution in [0.3, 0.4) is 0 Å². The highest BCUT2D eigenvalue weighted by Crippen LogP contribution is 2.12. The summed E-state index contributed by atoms with van der Waals surface area (Å²) >= 11 is 0. The highest BCUT2D eigenvalue weighted by molar-refractivity contribution is 7.85. The number of halogens is 1. The molecular formula is C12H14FNO4S.